The monoisotopic (exact) mass is 182 g/mol. The van der Waals surface area contributed by atoms with E-state index in [4.69, 9.17) is 5.73 Å². The Bertz CT molecular complexity index is 311. The molecule has 1 aromatic heterocycles. The van der Waals surface area contributed by atoms with Gasteiger partial charge in [-0.25, -0.2) is 9.37 Å². The number of anilines is 2. The van der Waals surface area contributed by atoms with Crippen molar-refractivity contribution in [1.29, 1.82) is 0 Å². The summed E-state index contributed by atoms with van der Waals surface area (Å²) >= 11 is 0. The second-order valence-electron chi connectivity index (χ2n) is 3.20. The van der Waals surface area contributed by atoms with E-state index in [1.165, 1.54) is 6.42 Å². The van der Waals surface area contributed by atoms with E-state index in [0.717, 1.165) is 19.0 Å². The molecule has 0 atom stereocenters. The minimum absolute atomic E-state index is 0.100. The number of hydrogen-bond donors (Lipinski definition) is 2. The number of aromatic nitrogens is 2. The summed E-state index contributed by atoms with van der Waals surface area (Å²) in [5.74, 6) is -0.250. The molecule has 0 aliphatic heterocycles. The average molecular weight is 182 g/mol. The predicted octanol–water partition coefficient (Wildman–Crippen LogP) is 1.16. The number of nitrogens with two attached hydrogens (primary N) is 1. The second kappa shape index (κ2) is 3.16. The first-order valence-electron chi connectivity index (χ1n) is 4.30. The first-order chi connectivity index (χ1) is 6.25. The highest BCUT2D eigenvalue weighted by atomic mass is 19.1. The van der Waals surface area contributed by atoms with Gasteiger partial charge in [-0.3, -0.25) is 0 Å². The summed E-state index contributed by atoms with van der Waals surface area (Å²) in [6, 6.07) is 0.435. The molecule has 2 rings (SSSR count). The zero-order chi connectivity index (χ0) is 9.26. The van der Waals surface area contributed by atoms with Crippen LogP contribution in [-0.4, -0.2) is 16.0 Å². The van der Waals surface area contributed by atoms with Gasteiger partial charge in [-0.2, -0.15) is 4.98 Å². The fraction of sp³-hybridized carbons (Fsp3) is 0.500. The summed E-state index contributed by atoms with van der Waals surface area (Å²) in [4.78, 5) is 7.56. The van der Waals surface area contributed by atoms with Gasteiger partial charge >= 0.3 is 0 Å². The Morgan fingerprint density at radius 1 is 1.54 bits per heavy atom. The predicted molar refractivity (Wildman–Crippen MR) is 47.7 cm³/mol. The summed E-state index contributed by atoms with van der Waals surface area (Å²) in [5.41, 5.74) is 5.29. The molecule has 1 saturated carbocycles. The molecular weight excluding hydrogens is 171 g/mol. The molecule has 1 fully saturated rings. The van der Waals surface area contributed by atoms with Crippen molar-refractivity contribution >= 4 is 11.8 Å². The second-order valence-corrected chi connectivity index (χ2v) is 3.20. The third-order valence-corrected chi connectivity index (χ3v) is 2.21. The van der Waals surface area contributed by atoms with Crippen LogP contribution in [0.25, 0.3) is 0 Å². The van der Waals surface area contributed by atoms with Gasteiger partial charge in [0.1, 0.15) is 0 Å². The van der Waals surface area contributed by atoms with E-state index in [2.05, 4.69) is 15.3 Å². The molecule has 0 saturated heterocycles. The summed E-state index contributed by atoms with van der Waals surface area (Å²) in [7, 11) is 0. The first kappa shape index (κ1) is 8.22. The van der Waals surface area contributed by atoms with Crippen molar-refractivity contribution in [3.63, 3.8) is 0 Å². The molecule has 0 aromatic carbocycles. The minimum Gasteiger partial charge on any atom is -0.381 e. The summed E-state index contributed by atoms with van der Waals surface area (Å²) in [5, 5.41) is 3.08. The maximum Gasteiger partial charge on any atom is 0.225 e. The molecule has 1 aliphatic rings. The van der Waals surface area contributed by atoms with Gasteiger partial charge in [0.15, 0.2) is 11.6 Å². The summed E-state index contributed by atoms with van der Waals surface area (Å²) in [6.07, 6.45) is 4.57. The number of rotatable bonds is 2. The van der Waals surface area contributed by atoms with Crippen LogP contribution in [0.5, 0.6) is 0 Å². The molecule has 13 heavy (non-hydrogen) atoms. The van der Waals surface area contributed by atoms with Gasteiger partial charge in [-0.05, 0) is 19.3 Å². The highest BCUT2D eigenvalue weighted by Gasteiger charge is 2.18. The molecule has 0 radical (unpaired) electrons. The van der Waals surface area contributed by atoms with Crippen molar-refractivity contribution in [2.45, 2.75) is 25.3 Å². The Hall–Kier alpha value is -1.39. The van der Waals surface area contributed by atoms with E-state index in [0.29, 0.717) is 12.0 Å². The maximum absolute atomic E-state index is 12.7. The average Bonchev–Trinajstić information content (AvgIpc) is 2.04. The standard InChI is InChI=1S/C8H11FN4/c9-6-4-11-8(13-7(6)10)12-5-2-1-3-5/h4-5H,1-3H2,(H3,10,11,12,13). The van der Waals surface area contributed by atoms with E-state index in [-0.39, 0.29) is 5.82 Å². The highest BCUT2D eigenvalue weighted by Crippen LogP contribution is 2.21. The minimum atomic E-state index is -0.570. The highest BCUT2D eigenvalue weighted by molar-refractivity contribution is 5.37. The SMILES string of the molecule is Nc1nc(NC2CCC2)ncc1F. The van der Waals surface area contributed by atoms with Crippen LogP contribution in [0.15, 0.2) is 6.20 Å². The van der Waals surface area contributed by atoms with Gasteiger partial charge in [0.25, 0.3) is 0 Å². The lowest BCUT2D eigenvalue weighted by Gasteiger charge is -2.26. The fourth-order valence-electron chi connectivity index (χ4n) is 1.19. The normalized spacial score (nSPS) is 16.7. The molecule has 5 heteroatoms. The lowest BCUT2D eigenvalue weighted by atomic mass is 9.93. The molecule has 70 valence electrons. The van der Waals surface area contributed by atoms with E-state index >= 15 is 0 Å². The summed E-state index contributed by atoms with van der Waals surface area (Å²) in [6.45, 7) is 0. The number of hydrogen-bond acceptors (Lipinski definition) is 4. The number of nitrogens with one attached hydrogen (secondary N) is 1. The molecular formula is C8H11FN4. The lowest BCUT2D eigenvalue weighted by Crippen LogP contribution is -2.28. The lowest BCUT2D eigenvalue weighted by molar-refractivity contribution is 0.443. The van der Waals surface area contributed by atoms with E-state index in [1.54, 1.807) is 0 Å². The Morgan fingerprint density at radius 2 is 2.31 bits per heavy atom. The molecule has 1 aliphatic carbocycles. The molecule has 0 amide bonds. The molecule has 1 heterocycles. The number of nitrogens with zero attached hydrogens (tertiary/aromatic N) is 2. The van der Waals surface area contributed by atoms with Crippen LogP contribution < -0.4 is 11.1 Å². The Kier molecular flexibility index (Phi) is 2.00. The maximum atomic E-state index is 12.7. The van der Waals surface area contributed by atoms with Crippen molar-refractivity contribution in [1.82, 2.24) is 9.97 Å². The van der Waals surface area contributed by atoms with E-state index in [9.17, 15) is 4.39 Å². The number of nitrogen functional groups attached to an aromatic ring is 1. The first-order valence-corrected chi connectivity index (χ1v) is 4.30. The molecule has 3 N–H and O–H groups in total. The van der Waals surface area contributed by atoms with Gasteiger partial charge in [0, 0.05) is 6.04 Å². The smallest absolute Gasteiger partial charge is 0.225 e. The zero-order valence-corrected chi connectivity index (χ0v) is 7.13. The van der Waals surface area contributed by atoms with Crippen LogP contribution in [0.1, 0.15) is 19.3 Å². The van der Waals surface area contributed by atoms with Crippen molar-refractivity contribution < 1.29 is 4.39 Å². The van der Waals surface area contributed by atoms with Crippen LogP contribution in [0.2, 0.25) is 0 Å². The fourth-order valence-corrected chi connectivity index (χ4v) is 1.19. The Balaban J connectivity index is 2.07. The zero-order valence-electron chi connectivity index (χ0n) is 7.13. The quantitative estimate of drug-likeness (QED) is 0.720. The molecule has 0 unspecified atom stereocenters. The van der Waals surface area contributed by atoms with Gasteiger partial charge in [0.05, 0.1) is 6.20 Å². The van der Waals surface area contributed by atoms with Gasteiger partial charge < -0.3 is 11.1 Å². The van der Waals surface area contributed by atoms with Crippen molar-refractivity contribution in [3.05, 3.63) is 12.0 Å². The summed E-state index contributed by atoms with van der Waals surface area (Å²) < 4.78 is 12.7. The van der Waals surface area contributed by atoms with Crippen LogP contribution >= 0.6 is 0 Å². The largest absolute Gasteiger partial charge is 0.381 e. The third kappa shape index (κ3) is 1.68. The topological polar surface area (TPSA) is 63.8 Å². The van der Waals surface area contributed by atoms with Crippen LogP contribution in [0.3, 0.4) is 0 Å². The molecule has 1 aromatic rings. The molecule has 0 bridgehead atoms. The Labute approximate surface area is 75.4 Å². The van der Waals surface area contributed by atoms with Crippen LogP contribution in [0, 0.1) is 5.82 Å². The van der Waals surface area contributed by atoms with Crippen LogP contribution in [0.4, 0.5) is 16.2 Å². The van der Waals surface area contributed by atoms with Crippen LogP contribution in [-0.2, 0) is 0 Å². The van der Waals surface area contributed by atoms with Crippen molar-refractivity contribution in [3.8, 4) is 0 Å². The number of halogens is 1. The van der Waals surface area contributed by atoms with E-state index in [1.807, 2.05) is 0 Å². The molecule has 0 spiro atoms. The molecule has 4 nitrogen and oxygen atoms in total. The van der Waals surface area contributed by atoms with Gasteiger partial charge in [-0.15, -0.1) is 0 Å². The third-order valence-electron chi connectivity index (χ3n) is 2.21. The van der Waals surface area contributed by atoms with Gasteiger partial charge in [-0.1, -0.05) is 0 Å². The van der Waals surface area contributed by atoms with Gasteiger partial charge in [0.2, 0.25) is 5.95 Å². The van der Waals surface area contributed by atoms with Crippen molar-refractivity contribution in [2.24, 2.45) is 0 Å². The Morgan fingerprint density at radius 3 is 2.85 bits per heavy atom. The van der Waals surface area contributed by atoms with Crippen molar-refractivity contribution in [2.75, 3.05) is 11.1 Å². The van der Waals surface area contributed by atoms with E-state index < -0.39 is 5.82 Å².